The van der Waals surface area contributed by atoms with E-state index in [-0.39, 0.29) is 6.61 Å². The third kappa shape index (κ3) is 4.96. The molecule has 0 saturated heterocycles. The molecule has 15 heavy (non-hydrogen) atoms. The van der Waals surface area contributed by atoms with Crippen molar-refractivity contribution in [2.45, 2.75) is 38.7 Å². The summed E-state index contributed by atoms with van der Waals surface area (Å²) < 4.78 is 0. The van der Waals surface area contributed by atoms with Gasteiger partial charge in [0.15, 0.2) is 0 Å². The van der Waals surface area contributed by atoms with Crippen LogP contribution in [0.4, 0.5) is 0 Å². The molecule has 0 atom stereocenters. The van der Waals surface area contributed by atoms with Crippen LogP contribution in [-0.2, 0) is 13.0 Å². The first-order chi connectivity index (χ1) is 7.36. The van der Waals surface area contributed by atoms with Crippen molar-refractivity contribution in [3.63, 3.8) is 0 Å². The number of unbranched alkanes of at least 4 members (excludes halogenated alkanes) is 3. The quantitative estimate of drug-likeness (QED) is 0.675. The van der Waals surface area contributed by atoms with Crippen molar-refractivity contribution in [2.24, 2.45) is 0 Å². The van der Waals surface area contributed by atoms with E-state index >= 15 is 0 Å². The van der Waals surface area contributed by atoms with E-state index in [1.807, 2.05) is 12.1 Å². The third-order valence-electron chi connectivity index (χ3n) is 2.55. The first-order valence-corrected chi connectivity index (χ1v) is 5.66. The van der Waals surface area contributed by atoms with Crippen LogP contribution in [0.2, 0.25) is 0 Å². The molecular weight excluding hydrogens is 188 g/mol. The number of rotatable bonds is 7. The van der Waals surface area contributed by atoms with Gasteiger partial charge in [-0.3, -0.25) is 0 Å². The second-order valence-corrected chi connectivity index (χ2v) is 3.87. The maximum Gasteiger partial charge on any atom is 0.0681 e. The van der Waals surface area contributed by atoms with Gasteiger partial charge < -0.3 is 10.2 Å². The second-order valence-electron chi connectivity index (χ2n) is 3.87. The fourth-order valence-electron chi connectivity index (χ4n) is 1.68. The van der Waals surface area contributed by atoms with E-state index in [4.69, 9.17) is 10.2 Å². The lowest BCUT2D eigenvalue weighted by atomic mass is 10.0. The molecule has 84 valence electrons. The Morgan fingerprint density at radius 3 is 2.33 bits per heavy atom. The molecule has 0 unspecified atom stereocenters. The van der Waals surface area contributed by atoms with E-state index in [0.717, 1.165) is 31.2 Å². The summed E-state index contributed by atoms with van der Waals surface area (Å²) in [6.07, 6.45) is 5.42. The van der Waals surface area contributed by atoms with Crippen molar-refractivity contribution < 1.29 is 10.2 Å². The van der Waals surface area contributed by atoms with Crippen LogP contribution in [0.1, 0.15) is 36.8 Å². The van der Waals surface area contributed by atoms with Crippen molar-refractivity contribution in [2.75, 3.05) is 6.61 Å². The van der Waals surface area contributed by atoms with E-state index in [1.54, 1.807) is 0 Å². The van der Waals surface area contributed by atoms with Crippen LogP contribution in [-0.4, -0.2) is 16.8 Å². The summed E-state index contributed by atoms with van der Waals surface area (Å²) in [6.45, 7) is 0.429. The maximum absolute atomic E-state index is 8.98. The molecular formula is C13H20O2. The van der Waals surface area contributed by atoms with Crippen molar-refractivity contribution in [1.29, 1.82) is 0 Å². The molecule has 1 rings (SSSR count). The summed E-state index contributed by atoms with van der Waals surface area (Å²) in [5, 5.41) is 17.6. The SMILES string of the molecule is OCCCCCCc1cccc(CO)c1. The van der Waals surface area contributed by atoms with Crippen molar-refractivity contribution in [1.82, 2.24) is 0 Å². The molecule has 0 aliphatic heterocycles. The highest BCUT2D eigenvalue weighted by Gasteiger charge is 1.95. The van der Waals surface area contributed by atoms with E-state index in [9.17, 15) is 0 Å². The lowest BCUT2D eigenvalue weighted by molar-refractivity contribution is 0.281. The number of hydrogen-bond donors (Lipinski definition) is 2. The van der Waals surface area contributed by atoms with Crippen LogP contribution in [0.15, 0.2) is 24.3 Å². The van der Waals surface area contributed by atoms with Gasteiger partial charge in [0.1, 0.15) is 0 Å². The van der Waals surface area contributed by atoms with E-state index in [1.165, 1.54) is 12.0 Å². The van der Waals surface area contributed by atoms with E-state index in [2.05, 4.69) is 12.1 Å². The highest BCUT2D eigenvalue weighted by atomic mass is 16.3. The number of aliphatic hydroxyl groups excluding tert-OH is 2. The van der Waals surface area contributed by atoms with E-state index < -0.39 is 0 Å². The lowest BCUT2D eigenvalue weighted by Gasteiger charge is -2.03. The van der Waals surface area contributed by atoms with Crippen LogP contribution in [0, 0.1) is 0 Å². The molecule has 0 aliphatic carbocycles. The number of aliphatic hydroxyl groups is 2. The minimum Gasteiger partial charge on any atom is -0.396 e. The second kappa shape index (κ2) is 7.43. The fraction of sp³-hybridized carbons (Fsp3) is 0.538. The smallest absolute Gasteiger partial charge is 0.0681 e. The van der Waals surface area contributed by atoms with Crippen LogP contribution < -0.4 is 0 Å². The Morgan fingerprint density at radius 1 is 0.867 bits per heavy atom. The first kappa shape index (κ1) is 12.2. The van der Waals surface area contributed by atoms with Crippen LogP contribution in [0.3, 0.4) is 0 Å². The van der Waals surface area contributed by atoms with Gasteiger partial charge in [-0.05, 0) is 30.4 Å². The Bertz CT molecular complexity index is 271. The Balaban J connectivity index is 2.24. The molecule has 2 N–H and O–H groups in total. The number of aryl methyl sites for hydroxylation is 1. The van der Waals surface area contributed by atoms with Gasteiger partial charge in [0, 0.05) is 6.61 Å². The minimum absolute atomic E-state index is 0.123. The molecule has 0 heterocycles. The van der Waals surface area contributed by atoms with Gasteiger partial charge in [0.2, 0.25) is 0 Å². The third-order valence-corrected chi connectivity index (χ3v) is 2.55. The molecule has 0 fully saturated rings. The molecule has 0 aromatic heterocycles. The Morgan fingerprint density at radius 2 is 1.60 bits per heavy atom. The number of benzene rings is 1. The highest BCUT2D eigenvalue weighted by molar-refractivity contribution is 5.22. The van der Waals surface area contributed by atoms with Crippen LogP contribution in [0.25, 0.3) is 0 Å². The molecule has 0 saturated carbocycles. The molecule has 2 nitrogen and oxygen atoms in total. The summed E-state index contributed by atoms with van der Waals surface area (Å²) in [6, 6.07) is 8.10. The highest BCUT2D eigenvalue weighted by Crippen LogP contribution is 2.10. The van der Waals surface area contributed by atoms with Crippen molar-refractivity contribution in [3.8, 4) is 0 Å². The monoisotopic (exact) mass is 208 g/mol. The molecule has 1 aromatic rings. The van der Waals surface area contributed by atoms with Gasteiger partial charge in [-0.25, -0.2) is 0 Å². The lowest BCUT2D eigenvalue weighted by Crippen LogP contribution is -1.90. The molecule has 0 bridgehead atoms. The summed E-state index contributed by atoms with van der Waals surface area (Å²) in [5.74, 6) is 0. The Kier molecular flexibility index (Phi) is 6.05. The van der Waals surface area contributed by atoms with Gasteiger partial charge in [-0.2, -0.15) is 0 Å². The van der Waals surface area contributed by atoms with Gasteiger partial charge in [0.25, 0.3) is 0 Å². The van der Waals surface area contributed by atoms with E-state index in [0.29, 0.717) is 6.61 Å². The molecule has 2 heteroatoms. The molecule has 0 amide bonds. The van der Waals surface area contributed by atoms with Crippen LogP contribution >= 0.6 is 0 Å². The molecule has 0 radical (unpaired) electrons. The fourth-order valence-corrected chi connectivity index (χ4v) is 1.68. The van der Waals surface area contributed by atoms with Gasteiger partial charge >= 0.3 is 0 Å². The van der Waals surface area contributed by atoms with Crippen LogP contribution in [0.5, 0.6) is 0 Å². The summed E-state index contributed by atoms with van der Waals surface area (Å²) >= 11 is 0. The first-order valence-electron chi connectivity index (χ1n) is 5.66. The zero-order valence-electron chi connectivity index (χ0n) is 9.15. The Labute approximate surface area is 91.6 Å². The number of hydrogen-bond acceptors (Lipinski definition) is 2. The zero-order chi connectivity index (χ0) is 10.9. The van der Waals surface area contributed by atoms with Gasteiger partial charge in [-0.1, -0.05) is 37.1 Å². The van der Waals surface area contributed by atoms with Crippen molar-refractivity contribution in [3.05, 3.63) is 35.4 Å². The van der Waals surface area contributed by atoms with Gasteiger partial charge in [0.05, 0.1) is 6.61 Å². The summed E-state index contributed by atoms with van der Waals surface area (Å²) in [4.78, 5) is 0. The molecule has 0 spiro atoms. The topological polar surface area (TPSA) is 40.5 Å². The molecule has 0 aliphatic rings. The predicted molar refractivity (Wildman–Crippen MR) is 61.6 cm³/mol. The Hall–Kier alpha value is -0.860. The average molecular weight is 208 g/mol. The summed E-state index contributed by atoms with van der Waals surface area (Å²) in [7, 11) is 0. The largest absolute Gasteiger partial charge is 0.396 e. The molecule has 1 aromatic carbocycles. The average Bonchev–Trinajstić information content (AvgIpc) is 2.29. The predicted octanol–water partition coefficient (Wildman–Crippen LogP) is 2.27. The minimum atomic E-state index is 0.123. The standard InChI is InChI=1S/C13H20O2/c14-9-4-2-1-3-6-12-7-5-8-13(10-12)11-15/h5,7-8,10,14-15H,1-4,6,9,11H2. The zero-order valence-corrected chi connectivity index (χ0v) is 9.15. The maximum atomic E-state index is 8.98. The normalized spacial score (nSPS) is 10.5. The van der Waals surface area contributed by atoms with Crippen molar-refractivity contribution >= 4 is 0 Å². The summed E-state index contributed by atoms with van der Waals surface area (Å²) in [5.41, 5.74) is 2.29. The van der Waals surface area contributed by atoms with Gasteiger partial charge in [-0.15, -0.1) is 0 Å².